The van der Waals surface area contributed by atoms with Gasteiger partial charge in [0.1, 0.15) is 17.3 Å². The third kappa shape index (κ3) is 8.47. The van der Waals surface area contributed by atoms with Crippen molar-refractivity contribution in [3.63, 3.8) is 0 Å². The predicted molar refractivity (Wildman–Crippen MR) is 217 cm³/mol. The summed E-state index contributed by atoms with van der Waals surface area (Å²) >= 11 is 7.15. The van der Waals surface area contributed by atoms with Crippen molar-refractivity contribution in [1.82, 2.24) is 25.3 Å². The van der Waals surface area contributed by atoms with E-state index in [1.807, 2.05) is 60.3 Å². The number of nitrogens with one attached hydrogen (secondary N) is 2. The van der Waals surface area contributed by atoms with Gasteiger partial charge in [0.05, 0.1) is 55.1 Å². The van der Waals surface area contributed by atoms with Crippen LogP contribution < -0.4 is 20.1 Å². The SMILES string of the molecule is COc1cc(Cn2ncc3c(-c4cccc(-c5cc(F)c(CNC[C@@H]6CCC(=O)N6)c(OC)c5)c4Cl)cccc32)c(C#N)cc1CN(C)C1CCC(C(=O)O)CC1. The molecule has 11 nitrogen and oxygen atoms in total. The van der Waals surface area contributed by atoms with Gasteiger partial charge in [-0.1, -0.05) is 41.9 Å². The second-order valence-corrected chi connectivity index (χ2v) is 15.4. The molecule has 13 heteroatoms. The van der Waals surface area contributed by atoms with Crippen LogP contribution in [-0.2, 0) is 29.2 Å². The number of carboxylic acid groups (broad SMARTS) is 1. The summed E-state index contributed by atoms with van der Waals surface area (Å²) < 4.78 is 29.0. The van der Waals surface area contributed by atoms with E-state index < -0.39 is 11.8 Å². The van der Waals surface area contributed by atoms with Crippen molar-refractivity contribution >= 4 is 34.4 Å². The fourth-order valence-corrected chi connectivity index (χ4v) is 8.62. The Morgan fingerprint density at radius 1 is 1.04 bits per heavy atom. The average Bonchev–Trinajstić information content (AvgIpc) is 3.83. The summed E-state index contributed by atoms with van der Waals surface area (Å²) in [6, 6.07) is 21.3. The smallest absolute Gasteiger partial charge is 0.306 e. The molecule has 1 saturated carbocycles. The molecule has 1 aliphatic carbocycles. The Bertz CT molecular complexity index is 2350. The van der Waals surface area contributed by atoms with Gasteiger partial charge in [-0.2, -0.15) is 10.4 Å². The van der Waals surface area contributed by atoms with Crippen LogP contribution in [0.3, 0.4) is 0 Å². The molecule has 1 amide bonds. The number of carbonyl (C=O) groups is 2. The largest absolute Gasteiger partial charge is 0.496 e. The summed E-state index contributed by atoms with van der Waals surface area (Å²) in [5.74, 6) is -0.324. The molecular weight excluding hydrogens is 747 g/mol. The highest BCUT2D eigenvalue weighted by Crippen LogP contribution is 2.41. The van der Waals surface area contributed by atoms with E-state index in [1.54, 1.807) is 19.4 Å². The fraction of sp³-hybridized carbons (Fsp3) is 0.364. The summed E-state index contributed by atoms with van der Waals surface area (Å²) in [5.41, 5.74) is 6.25. The summed E-state index contributed by atoms with van der Waals surface area (Å²) in [6.45, 7) is 1.66. The normalized spacial score (nSPS) is 18.1. The van der Waals surface area contributed by atoms with Gasteiger partial charge in [0.15, 0.2) is 0 Å². The molecule has 1 aromatic heterocycles. The highest BCUT2D eigenvalue weighted by Gasteiger charge is 2.29. The second-order valence-electron chi connectivity index (χ2n) is 15.0. The molecule has 0 radical (unpaired) electrons. The van der Waals surface area contributed by atoms with Crippen molar-refractivity contribution in [1.29, 1.82) is 5.26 Å². The Morgan fingerprint density at radius 3 is 2.47 bits per heavy atom. The van der Waals surface area contributed by atoms with Gasteiger partial charge < -0.3 is 25.2 Å². The van der Waals surface area contributed by atoms with E-state index in [2.05, 4.69) is 21.6 Å². The van der Waals surface area contributed by atoms with Crippen LogP contribution in [0.25, 0.3) is 33.2 Å². The molecule has 1 aliphatic heterocycles. The molecule has 0 bridgehead atoms. The third-order valence-corrected chi connectivity index (χ3v) is 11.9. The Morgan fingerprint density at radius 2 is 1.77 bits per heavy atom. The molecule has 0 spiro atoms. The van der Waals surface area contributed by atoms with Crippen LogP contribution in [0.1, 0.15) is 60.8 Å². The minimum atomic E-state index is -0.721. The lowest BCUT2D eigenvalue weighted by atomic mass is 9.85. The summed E-state index contributed by atoms with van der Waals surface area (Å²) in [6.07, 6.45) is 5.99. The van der Waals surface area contributed by atoms with Gasteiger partial charge in [0, 0.05) is 65.8 Å². The van der Waals surface area contributed by atoms with E-state index in [0.717, 1.165) is 52.4 Å². The lowest BCUT2D eigenvalue weighted by Crippen LogP contribution is -2.36. The standard InChI is InChI=1S/C44H46ClFN6O5/c1-51(32-13-10-26(11-14-32)44(54)55)24-30-16-28(20-47)29(19-40(30)56-2)25-52-39-9-5-7-34(36(39)23-49-52)35-8-4-6-33(43(35)45)27-17-38(46)37(41(18-27)57-3)22-48-21-31-12-15-42(53)50-31/h4-9,16-19,23,26,31-32,48H,10-15,21-22,24-25H2,1-3H3,(H,50,53)(H,54,55)/t26?,31-,32?/m0/s1. The van der Waals surface area contributed by atoms with Crippen molar-refractivity contribution in [2.45, 2.75) is 70.2 Å². The molecule has 0 unspecified atom stereocenters. The number of nitrogens with zero attached hydrogens (tertiary/aromatic N) is 4. The van der Waals surface area contributed by atoms with Crippen molar-refractivity contribution in [2.24, 2.45) is 5.92 Å². The zero-order valence-corrected chi connectivity index (χ0v) is 33.0. The van der Waals surface area contributed by atoms with Crippen LogP contribution in [0.4, 0.5) is 4.39 Å². The van der Waals surface area contributed by atoms with E-state index in [0.29, 0.717) is 77.7 Å². The lowest BCUT2D eigenvalue weighted by Gasteiger charge is -2.33. The number of ether oxygens (including phenoxy) is 2. The number of fused-ring (bicyclic) bond motifs is 1. The summed E-state index contributed by atoms with van der Waals surface area (Å²) in [4.78, 5) is 25.2. The monoisotopic (exact) mass is 792 g/mol. The maximum absolute atomic E-state index is 15.7. The Labute approximate surface area is 336 Å². The summed E-state index contributed by atoms with van der Waals surface area (Å²) in [7, 11) is 5.17. The number of carboxylic acids is 1. The molecule has 1 atom stereocenters. The van der Waals surface area contributed by atoms with Crippen LogP contribution in [0, 0.1) is 23.1 Å². The number of aromatic nitrogens is 2. The molecule has 296 valence electrons. The van der Waals surface area contributed by atoms with Crippen molar-refractivity contribution in [3.8, 4) is 39.8 Å². The van der Waals surface area contributed by atoms with Crippen LogP contribution in [-0.4, -0.2) is 71.6 Å². The van der Waals surface area contributed by atoms with E-state index in [9.17, 15) is 20.0 Å². The first-order chi connectivity index (χ1) is 27.6. The highest BCUT2D eigenvalue weighted by atomic mass is 35.5. The number of methoxy groups -OCH3 is 2. The molecule has 2 heterocycles. The maximum Gasteiger partial charge on any atom is 0.306 e. The molecule has 4 aromatic carbocycles. The molecule has 7 rings (SSSR count). The van der Waals surface area contributed by atoms with E-state index in [4.69, 9.17) is 26.2 Å². The van der Waals surface area contributed by atoms with E-state index >= 15 is 4.39 Å². The number of carbonyl (C=O) groups excluding carboxylic acids is 1. The number of nitriles is 1. The van der Waals surface area contributed by atoms with Crippen LogP contribution in [0.5, 0.6) is 11.5 Å². The van der Waals surface area contributed by atoms with E-state index in [1.165, 1.54) is 13.2 Å². The van der Waals surface area contributed by atoms with Gasteiger partial charge >= 0.3 is 5.97 Å². The third-order valence-electron chi connectivity index (χ3n) is 11.5. The van der Waals surface area contributed by atoms with Gasteiger partial charge in [0.2, 0.25) is 5.91 Å². The van der Waals surface area contributed by atoms with Crippen LogP contribution >= 0.6 is 11.6 Å². The maximum atomic E-state index is 15.7. The molecule has 1 saturated heterocycles. The summed E-state index contributed by atoms with van der Waals surface area (Å²) in [5, 5.41) is 31.9. The van der Waals surface area contributed by atoms with Gasteiger partial charge in [0.25, 0.3) is 0 Å². The fourth-order valence-electron chi connectivity index (χ4n) is 8.29. The van der Waals surface area contributed by atoms with Crippen LogP contribution in [0.15, 0.2) is 66.9 Å². The van der Waals surface area contributed by atoms with Gasteiger partial charge in [-0.15, -0.1) is 0 Å². The first kappa shape index (κ1) is 39.7. The Kier molecular flexibility index (Phi) is 12.1. The highest BCUT2D eigenvalue weighted by molar-refractivity contribution is 6.36. The van der Waals surface area contributed by atoms with E-state index in [-0.39, 0.29) is 30.5 Å². The number of hydrogen-bond donors (Lipinski definition) is 3. The second kappa shape index (κ2) is 17.3. The van der Waals surface area contributed by atoms with Gasteiger partial charge in [-0.3, -0.25) is 19.2 Å². The zero-order valence-electron chi connectivity index (χ0n) is 32.3. The Balaban J connectivity index is 1.12. The molecule has 2 fully saturated rings. The minimum Gasteiger partial charge on any atom is -0.496 e. The first-order valence-electron chi connectivity index (χ1n) is 19.2. The quantitative estimate of drug-likeness (QED) is 0.104. The minimum absolute atomic E-state index is 0.0255. The van der Waals surface area contributed by atoms with Crippen LogP contribution in [0.2, 0.25) is 5.02 Å². The predicted octanol–water partition coefficient (Wildman–Crippen LogP) is 7.54. The average molecular weight is 793 g/mol. The molecule has 2 aliphatic rings. The first-order valence-corrected chi connectivity index (χ1v) is 19.6. The van der Waals surface area contributed by atoms with Gasteiger partial charge in [-0.25, -0.2) is 4.39 Å². The molecule has 5 aromatic rings. The van der Waals surface area contributed by atoms with Crippen molar-refractivity contribution in [3.05, 3.63) is 100.0 Å². The topological polar surface area (TPSA) is 142 Å². The number of amides is 1. The zero-order chi connectivity index (χ0) is 40.2. The number of hydrogen-bond acceptors (Lipinski definition) is 8. The number of halogens is 2. The van der Waals surface area contributed by atoms with Crippen molar-refractivity contribution < 1.29 is 28.6 Å². The van der Waals surface area contributed by atoms with Gasteiger partial charge in [-0.05, 0) is 86.2 Å². The van der Waals surface area contributed by atoms with Crippen molar-refractivity contribution in [2.75, 3.05) is 27.8 Å². The Hall–Kier alpha value is -5.48. The number of benzene rings is 4. The number of aliphatic carboxylic acids is 1. The molecule has 3 N–H and O–H groups in total. The number of rotatable bonds is 14. The lowest BCUT2D eigenvalue weighted by molar-refractivity contribution is -0.143. The molecule has 57 heavy (non-hydrogen) atoms. The molecular formula is C44H46ClFN6O5.